The number of aromatic nitrogens is 2. The van der Waals surface area contributed by atoms with E-state index in [4.69, 9.17) is 9.47 Å². The minimum Gasteiger partial charge on any atom is -1.00 e. The summed E-state index contributed by atoms with van der Waals surface area (Å²) in [7, 11) is 5.19. The van der Waals surface area contributed by atoms with Crippen LogP contribution in [-0.4, -0.2) is 31.2 Å². The van der Waals surface area contributed by atoms with Gasteiger partial charge in [0.05, 0.1) is 21.3 Å². The first kappa shape index (κ1) is 19.8. The van der Waals surface area contributed by atoms with Gasteiger partial charge in [0.2, 0.25) is 0 Å². The Balaban J connectivity index is 0.00000288. The largest absolute Gasteiger partial charge is 1.00 e. The number of methoxy groups -OCH3 is 2. The van der Waals surface area contributed by atoms with Gasteiger partial charge in [-0.1, -0.05) is 6.07 Å². The van der Waals surface area contributed by atoms with Crippen LogP contribution in [0.2, 0.25) is 0 Å². The zero-order chi connectivity index (χ0) is 16.8. The molecule has 0 unspecified atom stereocenters. The molecule has 1 aromatic heterocycles. The highest BCUT2D eigenvalue weighted by Gasteiger charge is 2.12. The SMILES string of the molecule is COc1ccc(CCNC(=O)Cn2cc[n+](C)c2C)cc1OC.[Cl-]. The van der Waals surface area contributed by atoms with Crippen LogP contribution in [0.4, 0.5) is 0 Å². The van der Waals surface area contributed by atoms with Crippen LogP contribution in [0.1, 0.15) is 11.4 Å². The summed E-state index contributed by atoms with van der Waals surface area (Å²) in [5, 5.41) is 2.94. The summed E-state index contributed by atoms with van der Waals surface area (Å²) in [5.41, 5.74) is 1.09. The highest BCUT2D eigenvalue weighted by atomic mass is 35.5. The average molecular weight is 354 g/mol. The first-order valence-corrected chi connectivity index (χ1v) is 7.54. The number of amides is 1. The first-order valence-electron chi connectivity index (χ1n) is 7.54. The van der Waals surface area contributed by atoms with E-state index >= 15 is 0 Å². The molecule has 2 aromatic rings. The van der Waals surface area contributed by atoms with Crippen molar-refractivity contribution in [3.05, 3.63) is 42.0 Å². The van der Waals surface area contributed by atoms with Crippen LogP contribution in [0.5, 0.6) is 11.5 Å². The number of nitrogens with one attached hydrogen (secondary N) is 1. The van der Waals surface area contributed by atoms with Crippen LogP contribution >= 0.6 is 0 Å². The molecule has 7 heteroatoms. The molecule has 0 bridgehead atoms. The fourth-order valence-corrected chi connectivity index (χ4v) is 2.36. The second kappa shape index (κ2) is 9.17. The maximum atomic E-state index is 12.0. The smallest absolute Gasteiger partial charge is 0.262 e. The molecule has 0 spiro atoms. The van der Waals surface area contributed by atoms with E-state index in [1.807, 2.05) is 53.7 Å². The van der Waals surface area contributed by atoms with Gasteiger partial charge < -0.3 is 27.2 Å². The van der Waals surface area contributed by atoms with Gasteiger partial charge in [-0.3, -0.25) is 4.79 Å². The number of halogens is 1. The third-order valence-corrected chi connectivity index (χ3v) is 3.89. The molecular formula is C17H24ClN3O3. The number of nitrogens with zero attached hydrogens (tertiary/aromatic N) is 2. The molecule has 1 N–H and O–H groups in total. The van der Waals surface area contributed by atoms with Crippen molar-refractivity contribution >= 4 is 5.91 Å². The fraction of sp³-hybridized carbons (Fsp3) is 0.412. The molecule has 0 aliphatic rings. The molecule has 1 heterocycles. The first-order chi connectivity index (χ1) is 11.0. The van der Waals surface area contributed by atoms with Crippen molar-refractivity contribution in [3.8, 4) is 11.5 Å². The van der Waals surface area contributed by atoms with E-state index in [9.17, 15) is 4.79 Å². The molecule has 2 rings (SSSR count). The zero-order valence-electron chi connectivity index (χ0n) is 14.5. The molecule has 0 saturated carbocycles. The van der Waals surface area contributed by atoms with Crippen molar-refractivity contribution in [1.82, 2.24) is 9.88 Å². The van der Waals surface area contributed by atoms with Crippen molar-refractivity contribution < 1.29 is 31.2 Å². The van der Waals surface area contributed by atoms with E-state index in [1.165, 1.54) is 0 Å². The molecule has 0 saturated heterocycles. The Morgan fingerprint density at radius 1 is 1.25 bits per heavy atom. The zero-order valence-corrected chi connectivity index (χ0v) is 15.3. The molecule has 1 amide bonds. The minimum atomic E-state index is 0. The van der Waals surface area contributed by atoms with E-state index in [2.05, 4.69) is 5.32 Å². The van der Waals surface area contributed by atoms with Crippen molar-refractivity contribution in [2.24, 2.45) is 7.05 Å². The number of carbonyl (C=O) groups is 1. The van der Waals surface area contributed by atoms with Gasteiger partial charge in [0.1, 0.15) is 12.4 Å². The lowest BCUT2D eigenvalue weighted by molar-refractivity contribution is -0.677. The number of ether oxygens (including phenoxy) is 2. The summed E-state index contributed by atoms with van der Waals surface area (Å²) in [6.45, 7) is 2.90. The van der Waals surface area contributed by atoms with Gasteiger partial charge in [0.15, 0.2) is 18.0 Å². The maximum Gasteiger partial charge on any atom is 0.262 e. The van der Waals surface area contributed by atoms with Crippen molar-refractivity contribution in [3.63, 3.8) is 0 Å². The van der Waals surface area contributed by atoms with Crippen molar-refractivity contribution in [2.75, 3.05) is 20.8 Å². The van der Waals surface area contributed by atoms with Crippen molar-refractivity contribution in [2.45, 2.75) is 19.9 Å². The highest BCUT2D eigenvalue weighted by Crippen LogP contribution is 2.27. The van der Waals surface area contributed by atoms with Crippen LogP contribution in [0.15, 0.2) is 30.6 Å². The number of benzene rings is 1. The van der Waals surface area contributed by atoms with E-state index < -0.39 is 0 Å². The third-order valence-electron chi connectivity index (χ3n) is 3.89. The Kier molecular flexibility index (Phi) is 7.58. The fourth-order valence-electron chi connectivity index (χ4n) is 2.36. The molecule has 0 aliphatic heterocycles. The van der Waals surface area contributed by atoms with Gasteiger partial charge in [-0.05, 0) is 24.1 Å². The predicted octanol–water partition coefficient (Wildman–Crippen LogP) is -2.00. The predicted molar refractivity (Wildman–Crippen MR) is 86.6 cm³/mol. The minimum absolute atomic E-state index is 0. The van der Waals surface area contributed by atoms with Crippen LogP contribution in [-0.2, 0) is 24.8 Å². The van der Waals surface area contributed by atoms with Crippen molar-refractivity contribution in [1.29, 1.82) is 0 Å². The van der Waals surface area contributed by atoms with Gasteiger partial charge in [0.25, 0.3) is 11.7 Å². The monoisotopic (exact) mass is 353 g/mol. The summed E-state index contributed by atoms with van der Waals surface area (Å²) in [5.74, 6) is 2.45. The average Bonchev–Trinajstić information content (AvgIpc) is 2.86. The van der Waals surface area contributed by atoms with E-state index in [0.717, 1.165) is 17.8 Å². The Morgan fingerprint density at radius 3 is 2.54 bits per heavy atom. The topological polar surface area (TPSA) is 56.4 Å². The number of carbonyl (C=O) groups excluding carboxylic acids is 1. The van der Waals surface area contributed by atoms with Crippen LogP contribution < -0.4 is 31.8 Å². The van der Waals surface area contributed by atoms with E-state index in [0.29, 0.717) is 24.6 Å². The second-order valence-corrected chi connectivity index (χ2v) is 5.37. The molecule has 0 fully saturated rings. The van der Waals surface area contributed by atoms with E-state index in [-0.39, 0.29) is 18.3 Å². The Bertz CT molecular complexity index is 686. The lowest BCUT2D eigenvalue weighted by atomic mass is 10.1. The van der Waals surface area contributed by atoms with Gasteiger partial charge in [-0.25, -0.2) is 9.13 Å². The van der Waals surface area contributed by atoms with Crippen LogP contribution in [0.3, 0.4) is 0 Å². The normalized spacial score (nSPS) is 10.0. The molecule has 0 atom stereocenters. The number of hydrogen-bond donors (Lipinski definition) is 1. The van der Waals surface area contributed by atoms with Crippen LogP contribution in [0, 0.1) is 6.92 Å². The maximum absolute atomic E-state index is 12.0. The summed E-state index contributed by atoms with van der Waals surface area (Å²) >= 11 is 0. The number of rotatable bonds is 7. The molecule has 24 heavy (non-hydrogen) atoms. The van der Waals surface area contributed by atoms with Gasteiger partial charge in [0, 0.05) is 13.5 Å². The molecule has 132 valence electrons. The quantitative estimate of drug-likeness (QED) is 0.586. The Hall–Kier alpha value is -2.21. The standard InChI is InChI=1S/C17H23N3O3.ClH/c1-13-19(2)9-10-20(13)12-17(21)18-8-7-14-5-6-15(22-3)16(11-14)23-4;/h5-6,9-11H,7-8,12H2,1-4H3;1H. The van der Waals surface area contributed by atoms with Crippen LogP contribution in [0.25, 0.3) is 0 Å². The third kappa shape index (κ3) is 4.89. The summed E-state index contributed by atoms with van der Waals surface area (Å²) in [6, 6.07) is 5.78. The Labute approximate surface area is 148 Å². The lowest BCUT2D eigenvalue weighted by Crippen LogP contribution is -3.00. The molecule has 1 aromatic carbocycles. The molecule has 6 nitrogen and oxygen atoms in total. The number of aryl methyl sites for hydroxylation is 1. The summed E-state index contributed by atoms with van der Waals surface area (Å²) < 4.78 is 14.4. The number of hydrogen-bond acceptors (Lipinski definition) is 3. The highest BCUT2D eigenvalue weighted by molar-refractivity contribution is 5.75. The van der Waals surface area contributed by atoms with Gasteiger partial charge >= 0.3 is 0 Å². The van der Waals surface area contributed by atoms with Gasteiger partial charge in [-0.15, -0.1) is 0 Å². The molecule has 0 aliphatic carbocycles. The summed E-state index contributed by atoms with van der Waals surface area (Å²) in [4.78, 5) is 12.0. The number of imidazole rings is 1. The Morgan fingerprint density at radius 2 is 1.96 bits per heavy atom. The van der Waals surface area contributed by atoms with Gasteiger partial charge in [-0.2, -0.15) is 0 Å². The molecular weight excluding hydrogens is 330 g/mol. The summed E-state index contributed by atoms with van der Waals surface area (Å²) in [6.07, 6.45) is 4.58. The van der Waals surface area contributed by atoms with E-state index in [1.54, 1.807) is 14.2 Å². The second-order valence-electron chi connectivity index (χ2n) is 5.37. The molecule has 0 radical (unpaired) electrons. The lowest BCUT2D eigenvalue weighted by Gasteiger charge is -2.10.